The molecule has 1 saturated carbocycles. The van der Waals surface area contributed by atoms with Gasteiger partial charge in [-0.1, -0.05) is 24.3 Å². The molecule has 1 aromatic heterocycles. The average Bonchev–Trinajstić information content (AvgIpc) is 3.27. The molecule has 1 amide bonds. The normalized spacial score (nSPS) is 14.4. The average molecular weight is 256 g/mol. The molecule has 3 rings (SSSR count). The summed E-state index contributed by atoms with van der Waals surface area (Å²) >= 11 is 0. The predicted molar refractivity (Wildman–Crippen MR) is 74.6 cm³/mol. The third kappa shape index (κ3) is 2.51. The molecule has 0 atom stereocenters. The van der Waals surface area contributed by atoms with Gasteiger partial charge >= 0.3 is 0 Å². The molecule has 4 N–H and O–H groups in total. The van der Waals surface area contributed by atoms with E-state index in [0.717, 1.165) is 17.3 Å². The summed E-state index contributed by atoms with van der Waals surface area (Å²) in [4.78, 5) is 16.3. The fourth-order valence-corrected chi connectivity index (χ4v) is 2.07. The Morgan fingerprint density at radius 3 is 2.89 bits per heavy atom. The highest BCUT2D eigenvalue weighted by Gasteiger charge is 2.22. The highest BCUT2D eigenvalue weighted by Crippen LogP contribution is 2.27. The van der Waals surface area contributed by atoms with Crippen LogP contribution in [0, 0.1) is 5.92 Å². The van der Waals surface area contributed by atoms with Crippen molar-refractivity contribution in [2.24, 2.45) is 11.8 Å². The van der Waals surface area contributed by atoms with Gasteiger partial charge in [-0.3, -0.25) is 4.79 Å². The molecule has 1 aromatic carbocycles. The van der Waals surface area contributed by atoms with Gasteiger partial charge in [-0.2, -0.15) is 0 Å². The first-order valence-corrected chi connectivity index (χ1v) is 6.42. The van der Waals surface area contributed by atoms with Crippen LogP contribution < -0.4 is 16.6 Å². The fourth-order valence-electron chi connectivity index (χ4n) is 2.07. The van der Waals surface area contributed by atoms with Crippen molar-refractivity contribution in [2.75, 3.05) is 12.0 Å². The van der Waals surface area contributed by atoms with E-state index in [9.17, 15) is 4.79 Å². The van der Waals surface area contributed by atoms with E-state index in [4.69, 9.17) is 5.84 Å². The highest BCUT2D eigenvalue weighted by atomic mass is 16.1. The van der Waals surface area contributed by atoms with Gasteiger partial charge in [0.15, 0.2) is 0 Å². The van der Waals surface area contributed by atoms with Crippen molar-refractivity contribution in [3.63, 3.8) is 0 Å². The molecule has 1 aliphatic rings. The maximum Gasteiger partial charge on any atom is 0.270 e. The number of benzene rings is 1. The zero-order valence-electron chi connectivity index (χ0n) is 10.5. The van der Waals surface area contributed by atoms with Gasteiger partial charge in [-0.15, -0.1) is 0 Å². The first-order chi connectivity index (χ1) is 9.28. The molecule has 0 bridgehead atoms. The van der Waals surface area contributed by atoms with Crippen molar-refractivity contribution in [2.45, 2.75) is 12.8 Å². The van der Waals surface area contributed by atoms with Gasteiger partial charge < -0.3 is 10.7 Å². The van der Waals surface area contributed by atoms with Crippen LogP contribution in [0.2, 0.25) is 0 Å². The number of amides is 1. The minimum atomic E-state index is -0.144. The van der Waals surface area contributed by atoms with E-state index in [1.807, 2.05) is 24.3 Å². The van der Waals surface area contributed by atoms with E-state index in [0.29, 0.717) is 17.4 Å². The first-order valence-electron chi connectivity index (χ1n) is 6.42. The van der Waals surface area contributed by atoms with Gasteiger partial charge in [-0.25, -0.2) is 10.8 Å². The standard InChI is InChI=1S/C14H16N4O/c15-18-13-11-4-2-1-3-10(11)7-12(17-13)14(19)16-8-9-5-6-9/h1-4,7,9H,5-6,8,15H2,(H,16,19)(H,17,18). The van der Waals surface area contributed by atoms with Crippen molar-refractivity contribution in [3.05, 3.63) is 36.0 Å². The lowest BCUT2D eigenvalue weighted by Crippen LogP contribution is -2.26. The molecule has 5 heteroatoms. The Labute approximate surface area is 111 Å². The molecule has 98 valence electrons. The number of hydrogen-bond acceptors (Lipinski definition) is 4. The Morgan fingerprint density at radius 2 is 2.16 bits per heavy atom. The van der Waals surface area contributed by atoms with E-state index in [1.165, 1.54) is 12.8 Å². The number of rotatable bonds is 4. The minimum Gasteiger partial charge on any atom is -0.350 e. The maximum atomic E-state index is 12.0. The van der Waals surface area contributed by atoms with Crippen LogP contribution in [0.25, 0.3) is 10.8 Å². The van der Waals surface area contributed by atoms with E-state index in [-0.39, 0.29) is 5.91 Å². The van der Waals surface area contributed by atoms with Gasteiger partial charge in [-0.05, 0) is 30.2 Å². The summed E-state index contributed by atoms with van der Waals surface area (Å²) in [7, 11) is 0. The van der Waals surface area contributed by atoms with Crippen molar-refractivity contribution in [3.8, 4) is 0 Å². The SMILES string of the molecule is NNc1nc(C(=O)NCC2CC2)cc2ccccc12. The number of hydrazine groups is 1. The van der Waals surface area contributed by atoms with Gasteiger partial charge in [0, 0.05) is 11.9 Å². The lowest BCUT2D eigenvalue weighted by atomic mass is 10.1. The van der Waals surface area contributed by atoms with Crippen LogP contribution in [0.5, 0.6) is 0 Å². The predicted octanol–water partition coefficient (Wildman–Crippen LogP) is 1.66. The maximum absolute atomic E-state index is 12.0. The molecular formula is C14H16N4O. The van der Waals surface area contributed by atoms with Gasteiger partial charge in [0.05, 0.1) is 0 Å². The molecule has 1 fully saturated rings. The summed E-state index contributed by atoms with van der Waals surface area (Å²) < 4.78 is 0. The number of nitrogens with two attached hydrogens (primary N) is 1. The first kappa shape index (κ1) is 11.9. The van der Waals surface area contributed by atoms with E-state index in [2.05, 4.69) is 15.7 Å². The van der Waals surface area contributed by atoms with Crippen molar-refractivity contribution < 1.29 is 4.79 Å². The highest BCUT2D eigenvalue weighted by molar-refractivity contribution is 6.00. The molecule has 0 spiro atoms. The Bertz CT molecular complexity index is 622. The number of carbonyl (C=O) groups is 1. The summed E-state index contributed by atoms with van der Waals surface area (Å²) in [5.41, 5.74) is 2.95. The van der Waals surface area contributed by atoms with Crippen LogP contribution in [0.1, 0.15) is 23.3 Å². The number of aromatic nitrogens is 1. The van der Waals surface area contributed by atoms with Gasteiger partial charge in [0.2, 0.25) is 0 Å². The minimum absolute atomic E-state index is 0.144. The van der Waals surface area contributed by atoms with Crippen molar-refractivity contribution in [1.29, 1.82) is 0 Å². The Balaban J connectivity index is 1.91. The largest absolute Gasteiger partial charge is 0.350 e. The monoisotopic (exact) mass is 256 g/mol. The molecule has 5 nitrogen and oxygen atoms in total. The number of carbonyl (C=O) groups excluding carboxylic acids is 1. The van der Waals surface area contributed by atoms with Gasteiger partial charge in [0.25, 0.3) is 5.91 Å². The van der Waals surface area contributed by atoms with Crippen LogP contribution in [-0.2, 0) is 0 Å². The molecule has 0 saturated heterocycles. The zero-order valence-corrected chi connectivity index (χ0v) is 10.5. The number of anilines is 1. The van der Waals surface area contributed by atoms with Crippen LogP contribution in [-0.4, -0.2) is 17.4 Å². The van der Waals surface area contributed by atoms with Crippen LogP contribution in [0.4, 0.5) is 5.82 Å². The summed E-state index contributed by atoms with van der Waals surface area (Å²) in [6, 6.07) is 9.49. The number of pyridine rings is 1. The Hall–Kier alpha value is -2.14. The van der Waals surface area contributed by atoms with Crippen LogP contribution in [0.3, 0.4) is 0 Å². The quantitative estimate of drug-likeness (QED) is 0.574. The summed E-state index contributed by atoms with van der Waals surface area (Å²) in [5.74, 6) is 6.50. The third-order valence-electron chi connectivity index (χ3n) is 3.36. The molecular weight excluding hydrogens is 240 g/mol. The van der Waals surface area contributed by atoms with Crippen molar-refractivity contribution in [1.82, 2.24) is 10.3 Å². The molecule has 0 aliphatic heterocycles. The second kappa shape index (κ2) is 4.85. The molecule has 19 heavy (non-hydrogen) atoms. The fraction of sp³-hybridized carbons (Fsp3) is 0.286. The zero-order chi connectivity index (χ0) is 13.2. The number of nitrogens with one attached hydrogen (secondary N) is 2. The number of hydrogen-bond donors (Lipinski definition) is 3. The lowest BCUT2D eigenvalue weighted by molar-refractivity contribution is 0.0947. The summed E-state index contributed by atoms with van der Waals surface area (Å²) in [5, 5.41) is 4.76. The molecule has 0 radical (unpaired) electrons. The number of nitrogens with zero attached hydrogens (tertiary/aromatic N) is 1. The second-order valence-corrected chi connectivity index (χ2v) is 4.87. The molecule has 2 aromatic rings. The molecule has 1 aliphatic carbocycles. The van der Waals surface area contributed by atoms with E-state index < -0.39 is 0 Å². The Morgan fingerprint density at radius 1 is 1.37 bits per heavy atom. The van der Waals surface area contributed by atoms with Crippen LogP contribution in [0.15, 0.2) is 30.3 Å². The topological polar surface area (TPSA) is 80.0 Å². The lowest BCUT2D eigenvalue weighted by Gasteiger charge is -2.09. The molecule has 0 unspecified atom stereocenters. The Kier molecular flexibility index (Phi) is 3.05. The van der Waals surface area contributed by atoms with Crippen molar-refractivity contribution >= 4 is 22.5 Å². The molecule has 1 heterocycles. The van der Waals surface area contributed by atoms with Gasteiger partial charge in [0.1, 0.15) is 11.5 Å². The summed E-state index contributed by atoms with van der Waals surface area (Å²) in [6.07, 6.45) is 2.42. The van der Waals surface area contributed by atoms with E-state index in [1.54, 1.807) is 6.07 Å². The second-order valence-electron chi connectivity index (χ2n) is 4.87. The van der Waals surface area contributed by atoms with E-state index >= 15 is 0 Å². The smallest absolute Gasteiger partial charge is 0.270 e. The third-order valence-corrected chi connectivity index (χ3v) is 3.36. The van der Waals surface area contributed by atoms with Crippen LogP contribution >= 0.6 is 0 Å². The number of nitrogen functional groups attached to an aromatic ring is 1. The number of fused-ring (bicyclic) bond motifs is 1. The summed E-state index contributed by atoms with van der Waals surface area (Å²) in [6.45, 7) is 0.735.